The number of benzene rings is 2. The fraction of sp³-hybridized carbons (Fsp3) is 0.280. The van der Waals surface area contributed by atoms with Gasteiger partial charge in [-0.2, -0.15) is 0 Å². The standard InChI is InChI=1S/C25H24ClN3O3/c1-28-20(14-22-23(28)19-7-2-3-8-21(19)32-22)25(31)29-11-9-17(10-12-29)24(30)27-15-16-5-4-6-18(26)13-16/h2-8,13-14,17H,9-12,15H2,1H3,(H,27,30). The second-order valence-electron chi connectivity index (χ2n) is 8.31. The van der Waals surface area contributed by atoms with Gasteiger partial charge in [0.15, 0.2) is 5.58 Å². The van der Waals surface area contributed by atoms with Crippen molar-refractivity contribution in [3.05, 3.63) is 70.9 Å². The number of likely N-dealkylation sites (tertiary alicyclic amines) is 1. The van der Waals surface area contributed by atoms with Crippen molar-refractivity contribution in [2.24, 2.45) is 13.0 Å². The number of furan rings is 1. The number of nitrogens with one attached hydrogen (secondary N) is 1. The lowest BCUT2D eigenvalue weighted by Crippen LogP contribution is -2.43. The van der Waals surface area contributed by atoms with Crippen molar-refractivity contribution >= 4 is 45.5 Å². The number of fused-ring (bicyclic) bond motifs is 3. The van der Waals surface area contributed by atoms with Gasteiger partial charge in [0.05, 0.1) is 5.52 Å². The van der Waals surface area contributed by atoms with E-state index in [0.717, 1.165) is 22.0 Å². The van der Waals surface area contributed by atoms with E-state index in [-0.39, 0.29) is 17.7 Å². The van der Waals surface area contributed by atoms with Crippen LogP contribution in [0.3, 0.4) is 0 Å². The fourth-order valence-electron chi connectivity index (χ4n) is 4.53. The van der Waals surface area contributed by atoms with Gasteiger partial charge in [0, 0.05) is 49.1 Å². The number of piperidine rings is 1. The Kier molecular flexibility index (Phi) is 5.39. The molecule has 2 aromatic carbocycles. The fourth-order valence-corrected chi connectivity index (χ4v) is 4.74. The van der Waals surface area contributed by atoms with E-state index in [9.17, 15) is 9.59 Å². The van der Waals surface area contributed by atoms with Crippen LogP contribution in [0.1, 0.15) is 28.9 Å². The first-order chi connectivity index (χ1) is 15.5. The number of aromatic nitrogens is 1. The lowest BCUT2D eigenvalue weighted by atomic mass is 9.95. The number of nitrogens with zero attached hydrogens (tertiary/aromatic N) is 2. The van der Waals surface area contributed by atoms with Crippen LogP contribution in [0.15, 0.2) is 59.0 Å². The molecule has 1 N–H and O–H groups in total. The molecule has 0 spiro atoms. The molecule has 0 radical (unpaired) electrons. The molecule has 7 heteroatoms. The van der Waals surface area contributed by atoms with Crippen LogP contribution in [0.5, 0.6) is 0 Å². The van der Waals surface area contributed by atoms with Crippen LogP contribution in [0.2, 0.25) is 5.02 Å². The van der Waals surface area contributed by atoms with E-state index in [2.05, 4.69) is 5.32 Å². The zero-order chi connectivity index (χ0) is 22.2. The molecule has 0 aliphatic carbocycles. The molecule has 0 bridgehead atoms. The Morgan fingerprint density at radius 3 is 2.62 bits per heavy atom. The van der Waals surface area contributed by atoms with Crippen LogP contribution < -0.4 is 5.32 Å². The Labute approximate surface area is 190 Å². The van der Waals surface area contributed by atoms with Gasteiger partial charge in [-0.1, -0.05) is 35.9 Å². The number of hydrogen-bond donors (Lipinski definition) is 1. The van der Waals surface area contributed by atoms with Crippen LogP contribution in [0.25, 0.3) is 22.1 Å². The molecule has 5 rings (SSSR count). The van der Waals surface area contributed by atoms with Crippen molar-refractivity contribution in [3.8, 4) is 0 Å². The largest absolute Gasteiger partial charge is 0.454 e. The Morgan fingerprint density at radius 2 is 1.84 bits per heavy atom. The third kappa shape index (κ3) is 3.75. The summed E-state index contributed by atoms with van der Waals surface area (Å²) < 4.78 is 7.83. The van der Waals surface area contributed by atoms with Crippen LogP contribution in [0.4, 0.5) is 0 Å². The highest BCUT2D eigenvalue weighted by Crippen LogP contribution is 2.31. The predicted octanol–water partition coefficient (Wildman–Crippen LogP) is 4.75. The average molecular weight is 450 g/mol. The van der Waals surface area contributed by atoms with Gasteiger partial charge >= 0.3 is 0 Å². The molecule has 6 nitrogen and oxygen atoms in total. The molecule has 164 valence electrons. The number of carbonyl (C=O) groups excluding carboxylic acids is 2. The zero-order valence-corrected chi connectivity index (χ0v) is 18.6. The van der Waals surface area contributed by atoms with E-state index in [4.69, 9.17) is 16.0 Å². The average Bonchev–Trinajstić information content (AvgIpc) is 3.33. The Hall–Kier alpha value is -3.25. The number of para-hydroxylation sites is 1. The molecular weight excluding hydrogens is 426 g/mol. The van der Waals surface area contributed by atoms with E-state index >= 15 is 0 Å². The van der Waals surface area contributed by atoms with Gasteiger partial charge in [-0.15, -0.1) is 0 Å². The number of hydrogen-bond acceptors (Lipinski definition) is 3. The minimum Gasteiger partial charge on any atom is -0.454 e. The SMILES string of the molecule is Cn1c(C(=O)N2CCC(C(=O)NCc3cccc(Cl)c3)CC2)cc2oc3ccccc3c21. The first-order valence-corrected chi connectivity index (χ1v) is 11.2. The molecule has 0 unspecified atom stereocenters. The van der Waals surface area contributed by atoms with Gasteiger partial charge < -0.3 is 19.2 Å². The number of carbonyl (C=O) groups is 2. The number of aryl methyl sites for hydroxylation is 1. The molecule has 1 fully saturated rings. The van der Waals surface area contributed by atoms with Crippen molar-refractivity contribution in [2.45, 2.75) is 19.4 Å². The number of halogens is 1. The Morgan fingerprint density at radius 1 is 1.06 bits per heavy atom. The minimum absolute atomic E-state index is 0.0271. The first kappa shape index (κ1) is 20.6. The molecule has 1 saturated heterocycles. The Balaban J connectivity index is 1.23. The van der Waals surface area contributed by atoms with Crippen LogP contribution in [0, 0.1) is 5.92 Å². The summed E-state index contributed by atoms with van der Waals surface area (Å²) in [7, 11) is 1.90. The van der Waals surface area contributed by atoms with Crippen molar-refractivity contribution in [2.75, 3.05) is 13.1 Å². The zero-order valence-electron chi connectivity index (χ0n) is 17.8. The second kappa shape index (κ2) is 8.36. The van der Waals surface area contributed by atoms with Crippen LogP contribution in [-0.2, 0) is 18.4 Å². The topological polar surface area (TPSA) is 67.5 Å². The van der Waals surface area contributed by atoms with E-state index in [1.54, 1.807) is 0 Å². The van der Waals surface area contributed by atoms with E-state index in [1.807, 2.05) is 71.1 Å². The molecule has 2 amide bonds. The minimum atomic E-state index is -0.0909. The quantitative estimate of drug-likeness (QED) is 0.489. The van der Waals surface area contributed by atoms with Gasteiger partial charge in [-0.3, -0.25) is 9.59 Å². The first-order valence-electron chi connectivity index (χ1n) is 10.8. The third-order valence-corrected chi connectivity index (χ3v) is 6.52. The van der Waals surface area contributed by atoms with Crippen molar-refractivity contribution < 1.29 is 14.0 Å². The van der Waals surface area contributed by atoms with Crippen molar-refractivity contribution in [1.82, 2.24) is 14.8 Å². The van der Waals surface area contributed by atoms with Gasteiger partial charge in [-0.05, 0) is 42.7 Å². The molecule has 3 heterocycles. The Bertz CT molecular complexity index is 1310. The highest BCUT2D eigenvalue weighted by Gasteiger charge is 2.29. The van der Waals surface area contributed by atoms with Crippen LogP contribution in [-0.4, -0.2) is 34.4 Å². The lowest BCUT2D eigenvalue weighted by molar-refractivity contribution is -0.126. The normalized spacial score (nSPS) is 14.9. The molecule has 1 aliphatic heterocycles. The van der Waals surface area contributed by atoms with Gasteiger partial charge in [0.2, 0.25) is 5.91 Å². The predicted molar refractivity (Wildman–Crippen MR) is 125 cm³/mol. The molecule has 32 heavy (non-hydrogen) atoms. The van der Waals surface area contributed by atoms with Gasteiger partial charge in [0.1, 0.15) is 11.3 Å². The molecular formula is C25H24ClN3O3. The molecule has 0 atom stereocenters. The van der Waals surface area contributed by atoms with E-state index in [0.29, 0.717) is 48.8 Å². The summed E-state index contributed by atoms with van der Waals surface area (Å²) in [5.41, 5.74) is 4.04. The van der Waals surface area contributed by atoms with Gasteiger partial charge in [0.25, 0.3) is 5.91 Å². The summed E-state index contributed by atoms with van der Waals surface area (Å²) in [6.45, 7) is 1.57. The maximum atomic E-state index is 13.2. The van der Waals surface area contributed by atoms with Crippen molar-refractivity contribution in [3.63, 3.8) is 0 Å². The summed E-state index contributed by atoms with van der Waals surface area (Å²) in [6.07, 6.45) is 1.30. The summed E-state index contributed by atoms with van der Waals surface area (Å²) in [5, 5.41) is 4.65. The van der Waals surface area contributed by atoms with E-state index in [1.165, 1.54) is 0 Å². The molecule has 0 saturated carbocycles. The van der Waals surface area contributed by atoms with Gasteiger partial charge in [-0.25, -0.2) is 0 Å². The number of amides is 2. The summed E-state index contributed by atoms with van der Waals surface area (Å²) in [6, 6.07) is 17.1. The van der Waals surface area contributed by atoms with E-state index < -0.39 is 0 Å². The summed E-state index contributed by atoms with van der Waals surface area (Å²) in [4.78, 5) is 27.6. The third-order valence-electron chi connectivity index (χ3n) is 6.29. The lowest BCUT2D eigenvalue weighted by Gasteiger charge is -2.31. The number of rotatable bonds is 4. The second-order valence-corrected chi connectivity index (χ2v) is 8.75. The monoisotopic (exact) mass is 449 g/mol. The molecule has 2 aromatic heterocycles. The molecule has 4 aromatic rings. The molecule has 1 aliphatic rings. The summed E-state index contributed by atoms with van der Waals surface area (Å²) in [5.74, 6) is -0.0902. The maximum Gasteiger partial charge on any atom is 0.270 e. The summed E-state index contributed by atoms with van der Waals surface area (Å²) >= 11 is 6.01. The van der Waals surface area contributed by atoms with Crippen LogP contribution >= 0.6 is 11.6 Å². The van der Waals surface area contributed by atoms with Crippen molar-refractivity contribution in [1.29, 1.82) is 0 Å². The highest BCUT2D eigenvalue weighted by molar-refractivity contribution is 6.30. The smallest absolute Gasteiger partial charge is 0.270 e. The highest BCUT2D eigenvalue weighted by atomic mass is 35.5. The maximum absolute atomic E-state index is 13.2.